The number of unbranched alkanes of at least 4 members (excludes halogenated alkanes) is 2. The van der Waals surface area contributed by atoms with Crippen molar-refractivity contribution in [2.45, 2.75) is 39.2 Å². The molecule has 3 heteroatoms. The molecule has 0 aliphatic rings. The lowest BCUT2D eigenvalue weighted by Gasteiger charge is -2.12. The van der Waals surface area contributed by atoms with E-state index in [9.17, 15) is 0 Å². The molecule has 0 radical (unpaired) electrons. The van der Waals surface area contributed by atoms with Crippen LogP contribution in [0.15, 0.2) is 0 Å². The van der Waals surface area contributed by atoms with Crippen molar-refractivity contribution in [2.24, 2.45) is 0 Å². The monoisotopic (exact) mass is 252 g/mol. The smallest absolute Gasteiger partial charge is 0.0780 e. The highest BCUT2D eigenvalue weighted by molar-refractivity contribution is 9.09. The van der Waals surface area contributed by atoms with Gasteiger partial charge in [0.25, 0.3) is 0 Å². The summed E-state index contributed by atoms with van der Waals surface area (Å²) in [5.74, 6) is 0. The molecule has 0 fully saturated rings. The number of alkyl halides is 1. The Morgan fingerprint density at radius 3 is 2.62 bits per heavy atom. The van der Waals surface area contributed by atoms with Crippen molar-refractivity contribution in [1.29, 1.82) is 0 Å². The van der Waals surface area contributed by atoms with Crippen LogP contribution in [0, 0.1) is 0 Å². The standard InChI is InChI=1S/C10H21BrO2/c1-3-12-9-10(2)13-8-6-4-5-7-11/h10H,3-9H2,1-2H3. The molecule has 0 heterocycles. The van der Waals surface area contributed by atoms with Gasteiger partial charge in [0.05, 0.1) is 12.7 Å². The fourth-order valence-electron chi connectivity index (χ4n) is 0.990. The van der Waals surface area contributed by atoms with E-state index >= 15 is 0 Å². The molecular weight excluding hydrogens is 232 g/mol. The number of halogens is 1. The van der Waals surface area contributed by atoms with Crippen LogP contribution in [0.5, 0.6) is 0 Å². The third-order valence-corrected chi connectivity index (χ3v) is 2.30. The molecule has 0 N–H and O–H groups in total. The van der Waals surface area contributed by atoms with Crippen molar-refractivity contribution < 1.29 is 9.47 Å². The SMILES string of the molecule is CCOCC(C)OCCCCCBr. The molecule has 0 aromatic rings. The zero-order valence-corrected chi connectivity index (χ0v) is 10.3. The maximum atomic E-state index is 5.55. The Balaban J connectivity index is 3.03. The Labute approximate surface area is 90.1 Å². The first kappa shape index (κ1) is 13.4. The first-order chi connectivity index (χ1) is 6.31. The lowest BCUT2D eigenvalue weighted by atomic mass is 10.3. The van der Waals surface area contributed by atoms with Crippen molar-refractivity contribution in [3.05, 3.63) is 0 Å². The number of hydrogen-bond acceptors (Lipinski definition) is 2. The van der Waals surface area contributed by atoms with Gasteiger partial charge >= 0.3 is 0 Å². The predicted octanol–water partition coefficient (Wildman–Crippen LogP) is 2.99. The van der Waals surface area contributed by atoms with E-state index in [1.54, 1.807) is 0 Å². The Morgan fingerprint density at radius 1 is 1.23 bits per heavy atom. The van der Waals surface area contributed by atoms with Gasteiger partial charge in [0.1, 0.15) is 0 Å². The molecule has 80 valence electrons. The molecule has 0 spiro atoms. The van der Waals surface area contributed by atoms with Gasteiger partial charge in [0.15, 0.2) is 0 Å². The second-order valence-corrected chi connectivity index (χ2v) is 3.88. The molecule has 0 aromatic heterocycles. The molecule has 1 atom stereocenters. The average Bonchev–Trinajstić information content (AvgIpc) is 2.14. The van der Waals surface area contributed by atoms with E-state index < -0.39 is 0 Å². The van der Waals surface area contributed by atoms with Crippen molar-refractivity contribution >= 4 is 15.9 Å². The molecular formula is C10H21BrO2. The summed E-state index contributed by atoms with van der Waals surface area (Å²) in [6.45, 7) is 6.41. The Hall–Kier alpha value is 0.400. The first-order valence-electron chi connectivity index (χ1n) is 5.06. The molecule has 0 amide bonds. The number of hydrogen-bond donors (Lipinski definition) is 0. The normalized spacial score (nSPS) is 13.2. The topological polar surface area (TPSA) is 18.5 Å². The lowest BCUT2D eigenvalue weighted by Crippen LogP contribution is -2.16. The summed E-state index contributed by atoms with van der Waals surface area (Å²) in [4.78, 5) is 0. The maximum Gasteiger partial charge on any atom is 0.0780 e. The van der Waals surface area contributed by atoms with E-state index in [-0.39, 0.29) is 6.10 Å². The fraction of sp³-hybridized carbons (Fsp3) is 1.00. The molecule has 2 nitrogen and oxygen atoms in total. The maximum absolute atomic E-state index is 5.55. The average molecular weight is 253 g/mol. The van der Waals surface area contributed by atoms with Gasteiger partial charge in [-0.05, 0) is 26.7 Å². The zero-order valence-electron chi connectivity index (χ0n) is 8.72. The molecule has 13 heavy (non-hydrogen) atoms. The van der Waals surface area contributed by atoms with Crippen LogP contribution in [0.2, 0.25) is 0 Å². The second-order valence-electron chi connectivity index (χ2n) is 3.09. The van der Waals surface area contributed by atoms with Crippen LogP contribution in [0.25, 0.3) is 0 Å². The molecule has 0 bridgehead atoms. The summed E-state index contributed by atoms with van der Waals surface area (Å²) in [5, 5.41) is 1.10. The Bertz CT molecular complexity index is 98.9. The van der Waals surface area contributed by atoms with Gasteiger partial charge in [-0.2, -0.15) is 0 Å². The summed E-state index contributed by atoms with van der Waals surface area (Å²) < 4.78 is 10.8. The molecule has 1 unspecified atom stereocenters. The van der Waals surface area contributed by atoms with Crippen LogP contribution >= 0.6 is 15.9 Å². The van der Waals surface area contributed by atoms with E-state index in [2.05, 4.69) is 22.9 Å². The first-order valence-corrected chi connectivity index (χ1v) is 6.18. The van der Waals surface area contributed by atoms with Crippen molar-refractivity contribution in [3.8, 4) is 0 Å². The number of rotatable bonds is 9. The van der Waals surface area contributed by atoms with Gasteiger partial charge in [-0.1, -0.05) is 22.4 Å². The molecule has 0 aromatic carbocycles. The third kappa shape index (κ3) is 10.3. The van der Waals surface area contributed by atoms with Crippen molar-refractivity contribution in [3.63, 3.8) is 0 Å². The largest absolute Gasteiger partial charge is 0.379 e. The van der Waals surface area contributed by atoms with Gasteiger partial charge in [-0.15, -0.1) is 0 Å². The summed E-state index contributed by atoms with van der Waals surface area (Å²) in [7, 11) is 0. The van der Waals surface area contributed by atoms with Crippen LogP contribution in [0.3, 0.4) is 0 Å². The molecule has 0 saturated heterocycles. The van der Waals surface area contributed by atoms with E-state index in [0.717, 1.165) is 31.6 Å². The number of ether oxygens (including phenoxy) is 2. The highest BCUT2D eigenvalue weighted by Crippen LogP contribution is 2.00. The zero-order chi connectivity index (χ0) is 9.94. The molecule has 0 aliphatic heterocycles. The Kier molecular flexibility index (Phi) is 10.8. The predicted molar refractivity (Wildman–Crippen MR) is 59.6 cm³/mol. The van der Waals surface area contributed by atoms with E-state index in [0.29, 0.717) is 0 Å². The van der Waals surface area contributed by atoms with Gasteiger partial charge in [-0.3, -0.25) is 0 Å². The van der Waals surface area contributed by atoms with Crippen LogP contribution in [0.4, 0.5) is 0 Å². The van der Waals surface area contributed by atoms with Gasteiger partial charge < -0.3 is 9.47 Å². The van der Waals surface area contributed by atoms with Crippen LogP contribution < -0.4 is 0 Å². The summed E-state index contributed by atoms with van der Waals surface area (Å²) in [6.07, 6.45) is 3.88. The van der Waals surface area contributed by atoms with Gasteiger partial charge in [0, 0.05) is 18.5 Å². The van der Waals surface area contributed by atoms with E-state index in [4.69, 9.17) is 9.47 Å². The summed E-state index contributed by atoms with van der Waals surface area (Å²) in [5.41, 5.74) is 0. The quantitative estimate of drug-likeness (QED) is 0.464. The van der Waals surface area contributed by atoms with Crippen molar-refractivity contribution in [1.82, 2.24) is 0 Å². The van der Waals surface area contributed by atoms with Crippen LogP contribution in [-0.2, 0) is 9.47 Å². The molecule has 0 aliphatic carbocycles. The van der Waals surface area contributed by atoms with Gasteiger partial charge in [-0.25, -0.2) is 0 Å². The van der Waals surface area contributed by atoms with Crippen molar-refractivity contribution in [2.75, 3.05) is 25.2 Å². The minimum Gasteiger partial charge on any atom is -0.379 e. The summed E-state index contributed by atoms with van der Waals surface area (Å²) in [6, 6.07) is 0. The molecule has 0 rings (SSSR count). The third-order valence-electron chi connectivity index (χ3n) is 1.74. The van der Waals surface area contributed by atoms with Gasteiger partial charge in [0.2, 0.25) is 0 Å². The highest BCUT2D eigenvalue weighted by atomic mass is 79.9. The van der Waals surface area contributed by atoms with Crippen LogP contribution in [0.1, 0.15) is 33.1 Å². The summed E-state index contributed by atoms with van der Waals surface area (Å²) >= 11 is 3.40. The lowest BCUT2D eigenvalue weighted by molar-refractivity contribution is -0.00446. The molecule has 0 saturated carbocycles. The minimum atomic E-state index is 0.240. The minimum absolute atomic E-state index is 0.240. The fourth-order valence-corrected chi connectivity index (χ4v) is 1.39. The Morgan fingerprint density at radius 2 is 2.00 bits per heavy atom. The van der Waals surface area contributed by atoms with E-state index in [1.165, 1.54) is 12.8 Å². The second kappa shape index (κ2) is 10.5. The van der Waals surface area contributed by atoms with E-state index in [1.807, 2.05) is 6.92 Å². The highest BCUT2D eigenvalue weighted by Gasteiger charge is 2.00. The van der Waals surface area contributed by atoms with Crippen LogP contribution in [-0.4, -0.2) is 31.3 Å².